The van der Waals surface area contributed by atoms with Crippen LogP contribution in [-0.2, 0) is 0 Å². The molecule has 0 radical (unpaired) electrons. The lowest BCUT2D eigenvalue weighted by Crippen LogP contribution is -2.34. The van der Waals surface area contributed by atoms with Crippen LogP contribution in [0.3, 0.4) is 0 Å². The van der Waals surface area contributed by atoms with E-state index in [0.717, 1.165) is 4.47 Å². The molecule has 20 heavy (non-hydrogen) atoms. The third-order valence-electron chi connectivity index (χ3n) is 4.78. The van der Waals surface area contributed by atoms with Gasteiger partial charge in [-0.3, -0.25) is 4.90 Å². The lowest BCUT2D eigenvalue weighted by Gasteiger charge is -2.37. The van der Waals surface area contributed by atoms with Crippen LogP contribution in [0.1, 0.15) is 41.5 Å². The fraction of sp³-hybridized carbons (Fsp3) is 0.333. The first-order valence-electron chi connectivity index (χ1n) is 7.41. The van der Waals surface area contributed by atoms with Gasteiger partial charge in [0, 0.05) is 23.0 Å². The van der Waals surface area contributed by atoms with E-state index < -0.39 is 0 Å². The van der Waals surface area contributed by atoms with Crippen LogP contribution in [0.15, 0.2) is 53.0 Å². The number of nitrogens with zero attached hydrogens (tertiary/aromatic N) is 1. The van der Waals surface area contributed by atoms with Crippen LogP contribution in [0.25, 0.3) is 0 Å². The van der Waals surface area contributed by atoms with Crippen molar-refractivity contribution >= 4 is 15.9 Å². The van der Waals surface area contributed by atoms with Gasteiger partial charge in [-0.15, -0.1) is 0 Å². The van der Waals surface area contributed by atoms with Crippen LogP contribution in [-0.4, -0.2) is 18.0 Å². The number of benzene rings is 2. The maximum absolute atomic E-state index is 3.54. The number of hydrogen-bond acceptors (Lipinski definition) is 1. The Morgan fingerprint density at radius 2 is 1.70 bits per heavy atom. The molecule has 4 rings (SSSR count). The number of rotatable bonds is 1. The molecule has 2 heterocycles. The van der Waals surface area contributed by atoms with E-state index in [0.29, 0.717) is 12.0 Å². The number of halogens is 1. The monoisotopic (exact) mass is 324 g/mol. The molecule has 0 saturated carbocycles. The van der Waals surface area contributed by atoms with Crippen LogP contribution < -0.4 is 0 Å². The van der Waals surface area contributed by atoms with Gasteiger partial charge in [-0.2, -0.15) is 0 Å². The molecule has 1 saturated heterocycles. The summed E-state index contributed by atoms with van der Waals surface area (Å²) in [6, 6.07) is 18.6. The second-order valence-electron chi connectivity index (χ2n) is 5.89. The van der Waals surface area contributed by atoms with Crippen molar-refractivity contribution < 1.29 is 0 Å². The molecule has 2 heteroatoms. The Morgan fingerprint density at radius 1 is 0.950 bits per heavy atom. The summed E-state index contributed by atoms with van der Waals surface area (Å²) in [5.74, 6) is 0.522. The molecule has 0 aromatic heterocycles. The minimum atomic E-state index is 0.522. The first kappa shape index (κ1) is 12.6. The van der Waals surface area contributed by atoms with Crippen molar-refractivity contribution in [2.24, 2.45) is 0 Å². The van der Waals surface area contributed by atoms with Crippen LogP contribution in [0, 0.1) is 0 Å². The summed E-state index contributed by atoms with van der Waals surface area (Å²) in [5, 5.41) is 0. The Hall–Kier alpha value is -1.12. The van der Waals surface area contributed by atoms with Gasteiger partial charge in [-0.05, 0) is 48.2 Å². The average Bonchev–Trinajstić information content (AvgIpc) is 2.96. The van der Waals surface area contributed by atoms with Crippen LogP contribution >= 0.6 is 15.9 Å². The highest BCUT2D eigenvalue weighted by molar-refractivity contribution is 9.10. The molecule has 0 bridgehead atoms. The van der Waals surface area contributed by atoms with E-state index in [2.05, 4.69) is 69.4 Å². The van der Waals surface area contributed by atoms with E-state index in [1.54, 1.807) is 5.56 Å². The van der Waals surface area contributed by atoms with E-state index in [9.17, 15) is 0 Å². The first-order valence-corrected chi connectivity index (χ1v) is 8.20. The van der Waals surface area contributed by atoms with Crippen molar-refractivity contribution in [2.75, 3.05) is 13.1 Å². The van der Waals surface area contributed by atoms with Crippen molar-refractivity contribution in [3.8, 4) is 0 Å². The molecule has 0 N–H and O–H groups in total. The molecule has 2 atom stereocenters. The molecule has 2 aliphatic rings. The minimum Gasteiger partial charge on any atom is -0.295 e. The zero-order chi connectivity index (χ0) is 13.5. The summed E-state index contributed by atoms with van der Waals surface area (Å²) in [5.41, 5.74) is 4.54. The summed E-state index contributed by atoms with van der Waals surface area (Å²) in [6.07, 6.45) is 2.66. The normalized spacial score (nSPS) is 25.2. The SMILES string of the molecule is [76Br]c1ccc([C@@H]2CN3CCC[C@@H]3c3ccccc32)cc1. The third-order valence-corrected chi connectivity index (χ3v) is 5.31. The highest BCUT2D eigenvalue weighted by atomic mass is 75.9. The van der Waals surface area contributed by atoms with Gasteiger partial charge in [0.2, 0.25) is 0 Å². The molecule has 2 aliphatic heterocycles. The molecule has 2 aromatic carbocycles. The molecule has 0 aliphatic carbocycles. The average molecular weight is 324 g/mol. The predicted molar refractivity (Wildman–Crippen MR) is 86.0 cm³/mol. The Balaban J connectivity index is 1.80. The zero-order valence-corrected chi connectivity index (χ0v) is 13.0. The largest absolute Gasteiger partial charge is 0.295 e. The molecular formula is C18H18BrN. The van der Waals surface area contributed by atoms with Crippen molar-refractivity contribution in [2.45, 2.75) is 24.8 Å². The van der Waals surface area contributed by atoms with E-state index in [4.69, 9.17) is 0 Å². The maximum Gasteiger partial charge on any atom is 0.0351 e. The lowest BCUT2D eigenvalue weighted by molar-refractivity contribution is 0.230. The molecule has 2 aromatic rings. The van der Waals surface area contributed by atoms with Gasteiger partial charge in [-0.25, -0.2) is 0 Å². The quantitative estimate of drug-likeness (QED) is 0.733. The van der Waals surface area contributed by atoms with Gasteiger partial charge in [0.25, 0.3) is 0 Å². The molecular weight excluding hydrogens is 306 g/mol. The molecule has 0 amide bonds. The van der Waals surface area contributed by atoms with Crippen molar-refractivity contribution in [1.82, 2.24) is 4.90 Å². The Labute approximate surface area is 128 Å². The Kier molecular flexibility index (Phi) is 3.16. The van der Waals surface area contributed by atoms with E-state index >= 15 is 0 Å². The topological polar surface area (TPSA) is 3.24 Å². The second-order valence-corrected chi connectivity index (χ2v) is 6.80. The third kappa shape index (κ3) is 2.02. The van der Waals surface area contributed by atoms with Crippen LogP contribution in [0.2, 0.25) is 0 Å². The summed E-state index contributed by atoms with van der Waals surface area (Å²) in [4.78, 5) is 2.68. The Bertz CT molecular complexity index is 620. The second kappa shape index (κ2) is 5.01. The van der Waals surface area contributed by atoms with Gasteiger partial charge in [-0.1, -0.05) is 52.3 Å². The number of fused-ring (bicyclic) bond motifs is 3. The van der Waals surface area contributed by atoms with Gasteiger partial charge in [0.05, 0.1) is 0 Å². The van der Waals surface area contributed by atoms with Gasteiger partial charge in [0.1, 0.15) is 0 Å². The maximum atomic E-state index is 3.54. The molecule has 0 unspecified atom stereocenters. The van der Waals surface area contributed by atoms with Gasteiger partial charge in [0.15, 0.2) is 0 Å². The molecule has 1 nitrogen and oxygen atoms in total. The summed E-state index contributed by atoms with van der Waals surface area (Å²) >= 11 is 3.54. The highest BCUT2D eigenvalue weighted by Crippen LogP contribution is 2.44. The Morgan fingerprint density at radius 3 is 2.50 bits per heavy atom. The predicted octanol–water partition coefficient (Wildman–Crippen LogP) is 4.73. The van der Waals surface area contributed by atoms with E-state index in [1.165, 1.54) is 37.1 Å². The zero-order valence-electron chi connectivity index (χ0n) is 11.4. The van der Waals surface area contributed by atoms with Crippen molar-refractivity contribution in [3.63, 3.8) is 0 Å². The van der Waals surface area contributed by atoms with Gasteiger partial charge >= 0.3 is 0 Å². The van der Waals surface area contributed by atoms with Crippen molar-refractivity contribution in [1.29, 1.82) is 0 Å². The molecule has 102 valence electrons. The highest BCUT2D eigenvalue weighted by Gasteiger charge is 2.35. The van der Waals surface area contributed by atoms with E-state index in [1.807, 2.05) is 0 Å². The summed E-state index contributed by atoms with van der Waals surface area (Å²) in [7, 11) is 0. The fourth-order valence-electron chi connectivity index (χ4n) is 3.84. The first-order chi connectivity index (χ1) is 9.83. The van der Waals surface area contributed by atoms with E-state index in [-0.39, 0.29) is 0 Å². The fourth-order valence-corrected chi connectivity index (χ4v) is 4.11. The summed E-state index contributed by atoms with van der Waals surface area (Å²) in [6.45, 7) is 2.43. The standard InChI is InChI=1S/C18H18BrN/c19-14-9-7-13(8-10-14)17-12-20-11-3-6-18(20)16-5-2-1-4-15(16)17/h1-2,4-5,7-10,17-18H,3,6,11-12H2/t17-,18+/m0/s1/i19-4. The van der Waals surface area contributed by atoms with Gasteiger partial charge < -0.3 is 0 Å². The lowest BCUT2D eigenvalue weighted by atomic mass is 9.82. The smallest absolute Gasteiger partial charge is 0.0351 e. The van der Waals surface area contributed by atoms with Crippen molar-refractivity contribution in [3.05, 3.63) is 69.7 Å². The minimum absolute atomic E-state index is 0.522. The number of hydrogen-bond donors (Lipinski definition) is 0. The molecule has 1 fully saturated rings. The van der Waals surface area contributed by atoms with Crippen LogP contribution in [0.4, 0.5) is 0 Å². The summed E-state index contributed by atoms with van der Waals surface area (Å²) < 4.78 is 1.16. The van der Waals surface area contributed by atoms with Crippen LogP contribution in [0.5, 0.6) is 0 Å². The molecule has 0 spiro atoms.